The minimum Gasteiger partial charge on any atom is -0.310 e. The van der Waals surface area contributed by atoms with Gasteiger partial charge >= 0.3 is 0 Å². The smallest absolute Gasteiger partial charge is 0.296 e. The van der Waals surface area contributed by atoms with Gasteiger partial charge in [-0.15, -0.1) is 0 Å². The summed E-state index contributed by atoms with van der Waals surface area (Å²) in [7, 11) is 1.69. The molecular formula is C13H13N3O2. The lowest BCUT2D eigenvalue weighted by Gasteiger charge is -2.14. The van der Waals surface area contributed by atoms with E-state index in [-0.39, 0.29) is 17.8 Å². The summed E-state index contributed by atoms with van der Waals surface area (Å²) in [5.41, 5.74) is 1.34. The average Bonchev–Trinajstić information content (AvgIpc) is 2.58. The van der Waals surface area contributed by atoms with Crippen molar-refractivity contribution in [1.29, 1.82) is 0 Å². The number of rotatable bonds is 1. The van der Waals surface area contributed by atoms with Gasteiger partial charge in [0.05, 0.1) is 0 Å². The zero-order valence-electron chi connectivity index (χ0n) is 10.2. The third-order valence-corrected chi connectivity index (χ3v) is 2.50. The number of carbonyl (C=O) groups excluding carboxylic acids is 2. The van der Waals surface area contributed by atoms with Crippen LogP contribution in [0.2, 0.25) is 0 Å². The molecule has 18 heavy (non-hydrogen) atoms. The Hall–Kier alpha value is -2.43. The maximum atomic E-state index is 11.7. The van der Waals surface area contributed by atoms with E-state index in [2.05, 4.69) is 10.3 Å². The molecule has 0 aromatic heterocycles. The van der Waals surface area contributed by atoms with Crippen molar-refractivity contribution in [2.45, 2.75) is 6.92 Å². The standard InChI is InChI=1S/C13H13N3O2/c1-9(17)14-13-15-12(18)11(16(13)2)8-10-6-4-3-5-7-10/h3-8H,1-2H3,(H,14,15,17,18)/b11-8-. The highest BCUT2D eigenvalue weighted by molar-refractivity contribution is 6.15. The first kappa shape index (κ1) is 12.0. The van der Waals surface area contributed by atoms with Gasteiger partial charge in [0.15, 0.2) is 0 Å². The van der Waals surface area contributed by atoms with Crippen LogP contribution in [-0.2, 0) is 9.59 Å². The summed E-state index contributed by atoms with van der Waals surface area (Å²) in [5.74, 6) is -0.353. The highest BCUT2D eigenvalue weighted by Crippen LogP contribution is 2.16. The van der Waals surface area contributed by atoms with Gasteiger partial charge in [-0.25, -0.2) is 0 Å². The zero-order chi connectivity index (χ0) is 13.1. The van der Waals surface area contributed by atoms with Gasteiger partial charge in [0.25, 0.3) is 5.91 Å². The molecule has 0 bridgehead atoms. The molecule has 1 aromatic rings. The first-order valence-electron chi connectivity index (χ1n) is 5.49. The zero-order valence-corrected chi connectivity index (χ0v) is 10.2. The number of nitrogens with zero attached hydrogens (tertiary/aromatic N) is 2. The quantitative estimate of drug-likeness (QED) is 0.748. The van der Waals surface area contributed by atoms with E-state index in [0.29, 0.717) is 5.70 Å². The summed E-state index contributed by atoms with van der Waals surface area (Å²) in [5, 5.41) is 2.51. The number of amides is 2. The molecule has 1 aliphatic heterocycles. The summed E-state index contributed by atoms with van der Waals surface area (Å²) in [4.78, 5) is 28.1. The Morgan fingerprint density at radius 1 is 1.33 bits per heavy atom. The normalized spacial score (nSPS) is 17.0. The highest BCUT2D eigenvalue weighted by Gasteiger charge is 2.26. The molecule has 1 aliphatic rings. The van der Waals surface area contributed by atoms with E-state index in [1.807, 2.05) is 30.3 Å². The number of hydrogen-bond acceptors (Lipinski definition) is 3. The Kier molecular flexibility index (Phi) is 3.23. The molecule has 1 heterocycles. The molecule has 0 fully saturated rings. The summed E-state index contributed by atoms with van der Waals surface area (Å²) in [6.45, 7) is 1.37. The van der Waals surface area contributed by atoms with Crippen LogP contribution in [0.3, 0.4) is 0 Å². The lowest BCUT2D eigenvalue weighted by molar-refractivity contribution is -0.117. The number of hydrogen-bond donors (Lipinski definition) is 1. The van der Waals surface area contributed by atoms with Gasteiger partial charge in [-0.05, 0) is 11.6 Å². The van der Waals surface area contributed by atoms with Crippen molar-refractivity contribution in [3.8, 4) is 0 Å². The van der Waals surface area contributed by atoms with Crippen molar-refractivity contribution < 1.29 is 9.59 Å². The SMILES string of the molecule is CC(=O)NC1=NC(=O)/C(=C/c2ccccc2)N1C. The first-order valence-corrected chi connectivity index (χ1v) is 5.49. The number of aliphatic imine (C=N–C) groups is 1. The molecule has 92 valence electrons. The maximum absolute atomic E-state index is 11.7. The second kappa shape index (κ2) is 4.83. The number of carbonyl (C=O) groups is 2. The van der Waals surface area contributed by atoms with Crippen LogP contribution in [-0.4, -0.2) is 29.7 Å². The molecule has 1 N–H and O–H groups in total. The molecule has 2 rings (SSSR count). The molecule has 1 aromatic carbocycles. The lowest BCUT2D eigenvalue weighted by atomic mass is 10.2. The van der Waals surface area contributed by atoms with Gasteiger partial charge in [0.1, 0.15) is 5.70 Å². The van der Waals surface area contributed by atoms with E-state index < -0.39 is 0 Å². The molecule has 0 atom stereocenters. The van der Waals surface area contributed by atoms with E-state index >= 15 is 0 Å². The molecule has 0 saturated heterocycles. The number of benzene rings is 1. The van der Waals surface area contributed by atoms with E-state index in [4.69, 9.17) is 0 Å². The van der Waals surface area contributed by atoms with Crippen LogP contribution in [0.4, 0.5) is 0 Å². The van der Waals surface area contributed by atoms with Crippen LogP contribution < -0.4 is 5.32 Å². The maximum Gasteiger partial charge on any atom is 0.296 e. The fourth-order valence-corrected chi connectivity index (χ4v) is 1.62. The average molecular weight is 243 g/mol. The Morgan fingerprint density at radius 3 is 2.61 bits per heavy atom. The van der Waals surface area contributed by atoms with Crippen LogP contribution in [0.5, 0.6) is 0 Å². The van der Waals surface area contributed by atoms with Gasteiger partial charge in [-0.3, -0.25) is 14.9 Å². The van der Waals surface area contributed by atoms with Crippen molar-refractivity contribution in [3.63, 3.8) is 0 Å². The predicted octanol–water partition coefficient (Wildman–Crippen LogP) is 0.992. The van der Waals surface area contributed by atoms with Crippen molar-refractivity contribution >= 4 is 23.8 Å². The van der Waals surface area contributed by atoms with Gasteiger partial charge < -0.3 is 4.90 Å². The van der Waals surface area contributed by atoms with E-state index in [9.17, 15) is 9.59 Å². The van der Waals surface area contributed by atoms with Crippen molar-refractivity contribution in [2.24, 2.45) is 4.99 Å². The van der Waals surface area contributed by atoms with Crippen LogP contribution in [0.1, 0.15) is 12.5 Å². The number of nitrogens with one attached hydrogen (secondary N) is 1. The Bertz CT molecular complexity index is 547. The fraction of sp³-hybridized carbons (Fsp3) is 0.154. The first-order chi connectivity index (χ1) is 8.58. The third-order valence-electron chi connectivity index (χ3n) is 2.50. The van der Waals surface area contributed by atoms with Crippen molar-refractivity contribution in [3.05, 3.63) is 41.6 Å². The molecule has 0 spiro atoms. The molecule has 0 aliphatic carbocycles. The lowest BCUT2D eigenvalue weighted by Crippen LogP contribution is -2.37. The number of likely N-dealkylation sites (N-methyl/N-ethyl adjacent to an activating group) is 1. The van der Waals surface area contributed by atoms with Crippen LogP contribution in [0, 0.1) is 0 Å². The van der Waals surface area contributed by atoms with Gasteiger partial charge in [0.2, 0.25) is 11.9 Å². The van der Waals surface area contributed by atoms with E-state index in [1.165, 1.54) is 6.92 Å². The third kappa shape index (κ3) is 2.45. The molecule has 0 unspecified atom stereocenters. The fourth-order valence-electron chi connectivity index (χ4n) is 1.62. The second-order valence-electron chi connectivity index (χ2n) is 3.92. The second-order valence-corrected chi connectivity index (χ2v) is 3.92. The summed E-state index contributed by atoms with van der Waals surface area (Å²) in [6, 6.07) is 9.47. The molecular weight excluding hydrogens is 230 g/mol. The Labute approximate surface area is 105 Å². The number of guanidine groups is 1. The molecule has 5 heteroatoms. The monoisotopic (exact) mass is 243 g/mol. The van der Waals surface area contributed by atoms with Gasteiger partial charge in [-0.2, -0.15) is 4.99 Å². The van der Waals surface area contributed by atoms with Gasteiger partial charge in [0, 0.05) is 14.0 Å². The Balaban J connectivity index is 2.25. The van der Waals surface area contributed by atoms with Gasteiger partial charge in [-0.1, -0.05) is 30.3 Å². The van der Waals surface area contributed by atoms with Crippen LogP contribution in [0.15, 0.2) is 41.0 Å². The minimum atomic E-state index is -0.356. The van der Waals surface area contributed by atoms with Crippen LogP contribution >= 0.6 is 0 Å². The summed E-state index contributed by atoms with van der Waals surface area (Å²) >= 11 is 0. The minimum absolute atomic E-state index is 0.255. The molecule has 0 saturated carbocycles. The molecule has 5 nitrogen and oxygen atoms in total. The van der Waals surface area contributed by atoms with Crippen molar-refractivity contribution in [1.82, 2.24) is 10.2 Å². The van der Waals surface area contributed by atoms with Crippen molar-refractivity contribution in [2.75, 3.05) is 7.05 Å². The van der Waals surface area contributed by atoms with E-state index in [1.54, 1.807) is 18.0 Å². The summed E-state index contributed by atoms with van der Waals surface area (Å²) < 4.78 is 0. The van der Waals surface area contributed by atoms with Crippen LogP contribution in [0.25, 0.3) is 6.08 Å². The highest BCUT2D eigenvalue weighted by atomic mass is 16.2. The largest absolute Gasteiger partial charge is 0.310 e. The summed E-state index contributed by atoms with van der Waals surface area (Å²) in [6.07, 6.45) is 1.74. The predicted molar refractivity (Wildman–Crippen MR) is 68.4 cm³/mol. The molecule has 2 amide bonds. The topological polar surface area (TPSA) is 61.8 Å². The molecule has 0 radical (unpaired) electrons. The Morgan fingerprint density at radius 2 is 2.00 bits per heavy atom. The van der Waals surface area contributed by atoms with E-state index in [0.717, 1.165) is 5.56 Å².